The molecule has 4 aromatic heterocycles. The summed E-state index contributed by atoms with van der Waals surface area (Å²) in [7, 11) is 0. The zero-order chi connectivity index (χ0) is 18.2. The summed E-state index contributed by atoms with van der Waals surface area (Å²) in [5.74, 6) is 1.95. The van der Waals surface area contributed by atoms with Crippen LogP contribution in [0.5, 0.6) is 0 Å². The highest BCUT2D eigenvalue weighted by Crippen LogP contribution is 2.32. The van der Waals surface area contributed by atoms with E-state index in [9.17, 15) is 0 Å². The summed E-state index contributed by atoms with van der Waals surface area (Å²) in [6.45, 7) is 1.81. The van der Waals surface area contributed by atoms with Crippen molar-refractivity contribution in [3.63, 3.8) is 0 Å². The Morgan fingerprint density at radius 1 is 1.04 bits per heavy atom. The standard InChI is InChI=1S/C18H17ClN8/c19-14-12-20-8-4-15(14)25-10-5-13(6-11-25)18-23-22-16-2-3-17(24-27(16)18)26-9-1-7-21-26/h1-4,7-9,12-13H,5-6,10-11H2. The van der Waals surface area contributed by atoms with Crippen molar-refractivity contribution >= 4 is 22.9 Å². The molecule has 1 fully saturated rings. The monoisotopic (exact) mass is 380 g/mol. The van der Waals surface area contributed by atoms with Crippen LogP contribution in [0.1, 0.15) is 24.6 Å². The molecule has 8 nitrogen and oxygen atoms in total. The fourth-order valence-electron chi connectivity index (χ4n) is 3.58. The molecule has 1 aliphatic heterocycles. The van der Waals surface area contributed by atoms with Gasteiger partial charge in [0.05, 0.1) is 10.7 Å². The topological polar surface area (TPSA) is 77.0 Å². The molecule has 0 atom stereocenters. The first-order valence-electron chi connectivity index (χ1n) is 8.86. The second-order valence-corrected chi connectivity index (χ2v) is 6.97. The van der Waals surface area contributed by atoms with Gasteiger partial charge in [-0.2, -0.15) is 9.61 Å². The molecular weight excluding hydrogens is 364 g/mol. The van der Waals surface area contributed by atoms with Crippen molar-refractivity contribution in [2.75, 3.05) is 18.0 Å². The zero-order valence-electron chi connectivity index (χ0n) is 14.5. The molecule has 1 aliphatic rings. The minimum absolute atomic E-state index is 0.303. The van der Waals surface area contributed by atoms with Gasteiger partial charge < -0.3 is 4.90 Å². The van der Waals surface area contributed by atoms with Crippen molar-refractivity contribution in [3.8, 4) is 5.82 Å². The Kier molecular flexibility index (Phi) is 3.97. The fourth-order valence-corrected chi connectivity index (χ4v) is 3.82. The summed E-state index contributed by atoms with van der Waals surface area (Å²) in [4.78, 5) is 6.36. The predicted molar refractivity (Wildman–Crippen MR) is 101 cm³/mol. The molecule has 9 heteroatoms. The second-order valence-electron chi connectivity index (χ2n) is 6.56. The van der Waals surface area contributed by atoms with Gasteiger partial charge in [0.15, 0.2) is 17.3 Å². The number of rotatable bonds is 3. The van der Waals surface area contributed by atoms with Crippen LogP contribution in [0.3, 0.4) is 0 Å². The number of nitrogens with zero attached hydrogens (tertiary/aromatic N) is 8. The molecule has 4 aromatic rings. The van der Waals surface area contributed by atoms with Crippen LogP contribution in [0, 0.1) is 0 Å². The lowest BCUT2D eigenvalue weighted by atomic mass is 9.96. The first kappa shape index (κ1) is 16.2. The Morgan fingerprint density at radius 3 is 2.70 bits per heavy atom. The highest BCUT2D eigenvalue weighted by Gasteiger charge is 2.26. The summed E-state index contributed by atoms with van der Waals surface area (Å²) in [5, 5.41) is 18.3. The Hall–Kier alpha value is -3.00. The number of hydrogen-bond acceptors (Lipinski definition) is 6. The number of fused-ring (bicyclic) bond motifs is 1. The van der Waals surface area contributed by atoms with Gasteiger partial charge in [-0.1, -0.05) is 11.6 Å². The number of aromatic nitrogens is 7. The summed E-state index contributed by atoms with van der Waals surface area (Å²) >= 11 is 6.29. The maximum atomic E-state index is 6.29. The van der Waals surface area contributed by atoms with Gasteiger partial charge in [-0.25, -0.2) is 4.68 Å². The van der Waals surface area contributed by atoms with Gasteiger partial charge in [0.1, 0.15) is 0 Å². The van der Waals surface area contributed by atoms with Gasteiger partial charge in [0, 0.05) is 43.8 Å². The average Bonchev–Trinajstić information content (AvgIpc) is 3.38. The highest BCUT2D eigenvalue weighted by molar-refractivity contribution is 6.33. The van der Waals surface area contributed by atoms with Crippen LogP contribution in [0.2, 0.25) is 5.02 Å². The Morgan fingerprint density at radius 2 is 1.93 bits per heavy atom. The number of halogens is 1. The first-order chi connectivity index (χ1) is 13.3. The van der Waals surface area contributed by atoms with E-state index in [1.54, 1.807) is 23.3 Å². The lowest BCUT2D eigenvalue weighted by Crippen LogP contribution is -2.33. The SMILES string of the molecule is Clc1cnccc1N1CCC(c2nnc3ccc(-n4cccn4)nn23)CC1. The second kappa shape index (κ2) is 6.62. The smallest absolute Gasteiger partial charge is 0.178 e. The van der Waals surface area contributed by atoms with E-state index in [0.717, 1.165) is 48.9 Å². The highest BCUT2D eigenvalue weighted by atomic mass is 35.5. The molecule has 0 unspecified atom stereocenters. The molecule has 1 saturated heterocycles. The number of hydrogen-bond donors (Lipinski definition) is 0. The molecule has 0 radical (unpaired) electrons. The van der Waals surface area contributed by atoms with Crippen molar-refractivity contribution in [3.05, 3.63) is 59.9 Å². The van der Waals surface area contributed by atoms with E-state index >= 15 is 0 Å². The van der Waals surface area contributed by atoms with E-state index in [1.165, 1.54) is 0 Å². The summed E-state index contributed by atoms with van der Waals surface area (Å²) in [6, 6.07) is 7.66. The molecular formula is C18H17ClN8. The zero-order valence-corrected chi connectivity index (χ0v) is 15.2. The molecule has 0 N–H and O–H groups in total. The van der Waals surface area contributed by atoms with E-state index in [-0.39, 0.29) is 0 Å². The van der Waals surface area contributed by atoms with Gasteiger partial charge in [-0.05, 0) is 37.1 Å². The third kappa shape index (κ3) is 2.91. The number of piperidine rings is 1. The van der Waals surface area contributed by atoms with Crippen molar-refractivity contribution < 1.29 is 0 Å². The molecule has 136 valence electrons. The van der Waals surface area contributed by atoms with Gasteiger partial charge in [-0.15, -0.1) is 15.3 Å². The molecule has 0 spiro atoms. The quantitative estimate of drug-likeness (QED) is 0.544. The third-order valence-corrected chi connectivity index (χ3v) is 5.26. The average molecular weight is 381 g/mol. The van der Waals surface area contributed by atoms with Crippen molar-refractivity contribution in [1.29, 1.82) is 0 Å². The van der Waals surface area contributed by atoms with E-state index < -0.39 is 0 Å². The molecule has 0 aliphatic carbocycles. The van der Waals surface area contributed by atoms with Gasteiger partial charge >= 0.3 is 0 Å². The predicted octanol–water partition coefficient (Wildman–Crippen LogP) is 2.74. The summed E-state index contributed by atoms with van der Waals surface area (Å²) in [5.41, 5.74) is 1.79. The van der Waals surface area contributed by atoms with Crippen molar-refractivity contribution in [2.45, 2.75) is 18.8 Å². The van der Waals surface area contributed by atoms with Crippen LogP contribution in [0.25, 0.3) is 11.5 Å². The minimum atomic E-state index is 0.303. The normalized spacial score (nSPS) is 15.5. The maximum Gasteiger partial charge on any atom is 0.178 e. The van der Waals surface area contributed by atoms with E-state index in [2.05, 4.69) is 25.2 Å². The van der Waals surface area contributed by atoms with E-state index in [0.29, 0.717) is 10.9 Å². The molecule has 0 aromatic carbocycles. The van der Waals surface area contributed by atoms with Crippen molar-refractivity contribution in [1.82, 2.24) is 34.6 Å². The van der Waals surface area contributed by atoms with Crippen LogP contribution in [-0.4, -0.2) is 47.7 Å². The van der Waals surface area contributed by atoms with E-state index in [1.807, 2.05) is 35.0 Å². The summed E-state index contributed by atoms with van der Waals surface area (Å²) < 4.78 is 3.58. The van der Waals surface area contributed by atoms with E-state index in [4.69, 9.17) is 16.7 Å². The molecule has 5 heterocycles. The molecule has 0 amide bonds. The summed E-state index contributed by atoms with van der Waals surface area (Å²) in [6.07, 6.45) is 9.00. The largest absolute Gasteiger partial charge is 0.370 e. The van der Waals surface area contributed by atoms with Gasteiger partial charge in [0.2, 0.25) is 0 Å². The molecule has 0 saturated carbocycles. The fraction of sp³-hybridized carbons (Fsp3) is 0.278. The Bertz CT molecular complexity index is 1070. The Balaban J connectivity index is 1.40. The van der Waals surface area contributed by atoms with Crippen molar-refractivity contribution in [2.24, 2.45) is 0 Å². The van der Waals surface area contributed by atoms with Crippen LogP contribution in [0.15, 0.2) is 49.1 Å². The number of pyridine rings is 1. The van der Waals surface area contributed by atoms with Crippen LogP contribution >= 0.6 is 11.6 Å². The first-order valence-corrected chi connectivity index (χ1v) is 9.24. The van der Waals surface area contributed by atoms with Gasteiger partial charge in [0.25, 0.3) is 0 Å². The Labute approximate surface area is 160 Å². The minimum Gasteiger partial charge on any atom is -0.370 e. The van der Waals surface area contributed by atoms with Crippen LogP contribution in [-0.2, 0) is 0 Å². The van der Waals surface area contributed by atoms with Gasteiger partial charge in [-0.3, -0.25) is 4.98 Å². The third-order valence-electron chi connectivity index (χ3n) is 4.96. The maximum absolute atomic E-state index is 6.29. The molecule has 5 rings (SSSR count). The number of anilines is 1. The lowest BCUT2D eigenvalue weighted by Gasteiger charge is -2.33. The van der Waals surface area contributed by atoms with Crippen LogP contribution < -0.4 is 4.90 Å². The van der Waals surface area contributed by atoms with Crippen LogP contribution in [0.4, 0.5) is 5.69 Å². The molecule has 0 bridgehead atoms. The molecule has 27 heavy (non-hydrogen) atoms. The lowest BCUT2D eigenvalue weighted by molar-refractivity contribution is 0.477.